The summed E-state index contributed by atoms with van der Waals surface area (Å²) in [6.45, 7) is 1.98. The molecule has 5 aromatic rings. The first-order chi connectivity index (χ1) is 16.4. The molecule has 0 radical (unpaired) electrons. The Morgan fingerprint density at radius 2 is 1.59 bits per heavy atom. The standard InChI is InChI=1S/C22H16FN7O2S2/c1-14-6-10-16(11-7-14)30-22(26-28-29-30)33-21-20(24-18-4-2-3-5-19(18)25-21)27-34(31,32)17-12-8-15(23)9-13-17/h2-13H,1H3,(H,24,27). The van der Waals surface area contributed by atoms with Gasteiger partial charge in [-0.15, -0.1) is 5.10 Å². The minimum atomic E-state index is -4.06. The fourth-order valence-corrected chi connectivity index (χ4v) is 4.99. The van der Waals surface area contributed by atoms with Gasteiger partial charge >= 0.3 is 0 Å². The zero-order valence-corrected chi connectivity index (χ0v) is 19.3. The smallest absolute Gasteiger partial charge is 0.261 e. The average Bonchev–Trinajstić information content (AvgIpc) is 3.28. The Kier molecular flexibility index (Phi) is 5.67. The summed E-state index contributed by atoms with van der Waals surface area (Å²) < 4.78 is 43.2. The molecule has 0 fully saturated rings. The molecular formula is C22H16FN7O2S2. The summed E-state index contributed by atoms with van der Waals surface area (Å²) in [4.78, 5) is 8.96. The SMILES string of the molecule is Cc1ccc(-n2nnnc2Sc2nc3ccccc3nc2NS(=O)(=O)c2ccc(F)cc2)cc1. The molecule has 5 rings (SSSR count). The number of benzene rings is 3. The molecule has 0 aliphatic carbocycles. The van der Waals surface area contributed by atoms with Crippen molar-refractivity contribution in [3.63, 3.8) is 0 Å². The molecule has 12 heteroatoms. The first-order valence-electron chi connectivity index (χ1n) is 9.97. The number of fused-ring (bicyclic) bond motifs is 1. The van der Waals surface area contributed by atoms with Gasteiger partial charge in [0.1, 0.15) is 10.8 Å². The predicted octanol–water partition coefficient (Wildman–Crippen LogP) is 4.01. The van der Waals surface area contributed by atoms with E-state index in [0.29, 0.717) is 16.2 Å². The van der Waals surface area contributed by atoms with Crippen LogP contribution in [0.15, 0.2) is 87.9 Å². The molecule has 0 atom stereocenters. The van der Waals surface area contributed by atoms with E-state index < -0.39 is 15.8 Å². The van der Waals surface area contributed by atoms with Crippen molar-refractivity contribution in [2.24, 2.45) is 0 Å². The third-order valence-electron chi connectivity index (χ3n) is 4.80. The molecule has 2 aromatic heterocycles. The Hall–Kier alpha value is -3.90. The molecule has 0 aliphatic heterocycles. The van der Waals surface area contributed by atoms with Crippen LogP contribution in [0.1, 0.15) is 5.56 Å². The Morgan fingerprint density at radius 3 is 2.29 bits per heavy atom. The van der Waals surface area contributed by atoms with E-state index in [1.165, 1.54) is 16.8 Å². The van der Waals surface area contributed by atoms with E-state index in [9.17, 15) is 12.8 Å². The third-order valence-corrected chi connectivity index (χ3v) is 7.07. The number of halogens is 1. The van der Waals surface area contributed by atoms with Crippen LogP contribution in [0.4, 0.5) is 10.2 Å². The van der Waals surface area contributed by atoms with Crippen molar-refractivity contribution >= 4 is 38.6 Å². The van der Waals surface area contributed by atoms with Crippen molar-refractivity contribution in [3.05, 3.63) is 84.2 Å². The third kappa shape index (κ3) is 4.45. The lowest BCUT2D eigenvalue weighted by molar-refractivity contribution is 0.599. The molecule has 0 saturated carbocycles. The minimum absolute atomic E-state index is 0.00600. The summed E-state index contributed by atoms with van der Waals surface area (Å²) in [6.07, 6.45) is 0. The molecule has 1 N–H and O–H groups in total. The maximum Gasteiger partial charge on any atom is 0.263 e. The first-order valence-corrected chi connectivity index (χ1v) is 12.3. The number of hydrogen-bond acceptors (Lipinski definition) is 8. The van der Waals surface area contributed by atoms with Crippen molar-refractivity contribution in [1.82, 2.24) is 30.2 Å². The molecule has 0 bridgehead atoms. The van der Waals surface area contributed by atoms with E-state index in [4.69, 9.17) is 0 Å². The van der Waals surface area contributed by atoms with Gasteiger partial charge in [0.15, 0.2) is 5.82 Å². The summed E-state index contributed by atoms with van der Waals surface area (Å²) >= 11 is 1.07. The van der Waals surface area contributed by atoms with E-state index in [2.05, 4.69) is 30.2 Å². The molecule has 0 spiro atoms. The number of para-hydroxylation sites is 2. The largest absolute Gasteiger partial charge is 0.263 e. The quantitative estimate of drug-likeness (QED) is 0.377. The van der Waals surface area contributed by atoms with E-state index >= 15 is 0 Å². The van der Waals surface area contributed by atoms with Crippen molar-refractivity contribution in [2.75, 3.05) is 4.72 Å². The molecule has 2 heterocycles. The molecule has 3 aromatic carbocycles. The Bertz CT molecular complexity index is 1590. The zero-order valence-electron chi connectivity index (χ0n) is 17.6. The number of aryl methyl sites for hydroxylation is 1. The van der Waals surface area contributed by atoms with Gasteiger partial charge in [-0.05, 0) is 77.6 Å². The Balaban J connectivity index is 1.56. The highest BCUT2D eigenvalue weighted by Gasteiger charge is 2.21. The highest BCUT2D eigenvalue weighted by Crippen LogP contribution is 2.33. The number of aromatic nitrogens is 6. The maximum atomic E-state index is 13.3. The normalized spacial score (nSPS) is 11.6. The van der Waals surface area contributed by atoms with Crippen LogP contribution in [-0.2, 0) is 10.0 Å². The average molecular weight is 494 g/mol. The summed E-state index contributed by atoms with van der Waals surface area (Å²) in [5.41, 5.74) is 2.90. The van der Waals surface area contributed by atoms with Crippen LogP contribution in [0.2, 0.25) is 0 Å². The summed E-state index contributed by atoms with van der Waals surface area (Å²) in [5.74, 6) is -0.532. The van der Waals surface area contributed by atoms with Gasteiger partial charge in [0.25, 0.3) is 10.0 Å². The second kappa shape index (κ2) is 8.80. The highest BCUT2D eigenvalue weighted by molar-refractivity contribution is 7.99. The number of anilines is 1. The number of rotatable bonds is 6. The number of nitrogens with zero attached hydrogens (tertiary/aromatic N) is 6. The van der Waals surface area contributed by atoms with Gasteiger partial charge in [-0.25, -0.2) is 22.8 Å². The van der Waals surface area contributed by atoms with Crippen LogP contribution in [0.25, 0.3) is 16.7 Å². The summed E-state index contributed by atoms with van der Waals surface area (Å²) in [7, 11) is -4.06. The van der Waals surface area contributed by atoms with Gasteiger partial charge < -0.3 is 0 Å². The van der Waals surface area contributed by atoms with Crippen molar-refractivity contribution < 1.29 is 12.8 Å². The second-order valence-corrected chi connectivity index (χ2v) is 9.87. The summed E-state index contributed by atoms with van der Waals surface area (Å²) in [5, 5.41) is 12.5. The van der Waals surface area contributed by atoms with Crippen LogP contribution < -0.4 is 4.72 Å². The number of hydrogen-bond donors (Lipinski definition) is 1. The minimum Gasteiger partial charge on any atom is -0.261 e. The van der Waals surface area contributed by atoms with E-state index in [1.807, 2.05) is 37.3 Å². The molecule has 0 amide bonds. The molecule has 0 saturated heterocycles. The Morgan fingerprint density at radius 1 is 0.912 bits per heavy atom. The lowest BCUT2D eigenvalue weighted by Gasteiger charge is -2.12. The second-order valence-electron chi connectivity index (χ2n) is 7.24. The topological polar surface area (TPSA) is 116 Å². The molecule has 170 valence electrons. The Labute approximate surface area is 198 Å². The van der Waals surface area contributed by atoms with E-state index in [0.717, 1.165) is 35.1 Å². The van der Waals surface area contributed by atoms with Gasteiger partial charge in [-0.2, -0.15) is 4.68 Å². The van der Waals surface area contributed by atoms with Crippen LogP contribution in [-0.4, -0.2) is 38.6 Å². The highest BCUT2D eigenvalue weighted by atomic mass is 32.2. The molecule has 9 nitrogen and oxygen atoms in total. The van der Waals surface area contributed by atoms with Crippen LogP contribution >= 0.6 is 11.8 Å². The van der Waals surface area contributed by atoms with Gasteiger partial charge in [0.05, 0.1) is 21.6 Å². The monoisotopic (exact) mass is 493 g/mol. The van der Waals surface area contributed by atoms with E-state index in [-0.39, 0.29) is 15.7 Å². The molecule has 0 aliphatic rings. The lowest BCUT2D eigenvalue weighted by Crippen LogP contribution is -2.15. The fraction of sp³-hybridized carbons (Fsp3) is 0.0455. The number of nitrogens with one attached hydrogen (secondary N) is 1. The van der Waals surface area contributed by atoms with Crippen LogP contribution in [0, 0.1) is 12.7 Å². The number of sulfonamides is 1. The van der Waals surface area contributed by atoms with Gasteiger partial charge in [0, 0.05) is 0 Å². The molecule has 34 heavy (non-hydrogen) atoms. The molecular weight excluding hydrogens is 477 g/mol. The van der Waals surface area contributed by atoms with Gasteiger partial charge in [-0.1, -0.05) is 29.8 Å². The van der Waals surface area contributed by atoms with Crippen LogP contribution in [0.3, 0.4) is 0 Å². The van der Waals surface area contributed by atoms with Gasteiger partial charge in [0.2, 0.25) is 5.16 Å². The van der Waals surface area contributed by atoms with Crippen LogP contribution in [0.5, 0.6) is 0 Å². The van der Waals surface area contributed by atoms with E-state index in [1.54, 1.807) is 18.2 Å². The zero-order chi connectivity index (χ0) is 23.7. The van der Waals surface area contributed by atoms with Crippen molar-refractivity contribution in [3.8, 4) is 5.69 Å². The first kappa shape index (κ1) is 21.9. The number of tetrazole rings is 1. The van der Waals surface area contributed by atoms with Crippen molar-refractivity contribution in [2.45, 2.75) is 22.0 Å². The predicted molar refractivity (Wildman–Crippen MR) is 125 cm³/mol. The lowest BCUT2D eigenvalue weighted by atomic mass is 10.2. The van der Waals surface area contributed by atoms with Crippen molar-refractivity contribution in [1.29, 1.82) is 0 Å². The van der Waals surface area contributed by atoms with Gasteiger partial charge in [-0.3, -0.25) is 4.72 Å². The summed E-state index contributed by atoms with van der Waals surface area (Å²) in [6, 6.07) is 19.2. The maximum absolute atomic E-state index is 13.3. The fourth-order valence-electron chi connectivity index (χ4n) is 3.10. The molecule has 0 unspecified atom stereocenters.